The van der Waals surface area contributed by atoms with Crippen LogP contribution >= 0.6 is 0 Å². The van der Waals surface area contributed by atoms with Crippen LogP contribution in [0.15, 0.2) is 61.2 Å². The number of hydrogen-bond acceptors (Lipinski definition) is 8. The van der Waals surface area contributed by atoms with Crippen molar-refractivity contribution in [3.05, 3.63) is 66.7 Å². The van der Waals surface area contributed by atoms with Crippen molar-refractivity contribution in [2.24, 2.45) is 0 Å². The van der Waals surface area contributed by atoms with Crippen LogP contribution in [0.2, 0.25) is 19.8 Å². The van der Waals surface area contributed by atoms with Gasteiger partial charge in [-0.05, 0) is 31.2 Å². The van der Waals surface area contributed by atoms with Crippen LogP contribution in [-0.4, -0.2) is 64.9 Å². The van der Waals surface area contributed by atoms with E-state index in [9.17, 15) is 21.6 Å². The number of aryl methyl sites for hydroxylation is 1. The molecule has 36 heavy (non-hydrogen) atoms. The van der Waals surface area contributed by atoms with Crippen LogP contribution in [0, 0.1) is 6.92 Å². The monoisotopic (exact) mass is 634 g/mol. The molecular weight excluding hydrogens is 604 g/mol. The van der Waals surface area contributed by atoms with Crippen molar-refractivity contribution in [2.75, 3.05) is 7.11 Å². The fourth-order valence-electron chi connectivity index (χ4n) is 2.19. The van der Waals surface area contributed by atoms with E-state index in [1.807, 2.05) is 0 Å². The predicted molar refractivity (Wildman–Crippen MR) is 137 cm³/mol. The molecule has 0 saturated heterocycles. The van der Waals surface area contributed by atoms with E-state index in [1.54, 1.807) is 43.0 Å². The normalized spacial score (nSPS) is 11.4. The van der Waals surface area contributed by atoms with Gasteiger partial charge in [0.15, 0.2) is 0 Å². The Balaban J connectivity index is 0.000000249. The van der Waals surface area contributed by atoms with Crippen molar-refractivity contribution < 1.29 is 30.9 Å². The molecule has 0 aliphatic rings. The summed E-state index contributed by atoms with van der Waals surface area (Å²) in [7, 11) is -4.89. The third-order valence-corrected chi connectivity index (χ3v) is 4.74. The van der Waals surface area contributed by atoms with E-state index >= 15 is 0 Å². The first-order valence-electron chi connectivity index (χ1n) is 10.5. The molecule has 8 nitrogen and oxygen atoms in total. The Morgan fingerprint density at radius 3 is 1.56 bits per heavy atom. The Morgan fingerprint density at radius 1 is 0.778 bits per heavy atom. The molecule has 0 spiro atoms. The first-order chi connectivity index (χ1) is 16.5. The van der Waals surface area contributed by atoms with E-state index < -0.39 is 34.0 Å². The molecule has 0 saturated carbocycles. The molecule has 0 atom stereocenters. The number of benzene rings is 2. The molecule has 2 aromatic carbocycles. The van der Waals surface area contributed by atoms with Gasteiger partial charge in [-0.2, -0.15) is 42.0 Å². The maximum atomic E-state index is 11.1. The van der Waals surface area contributed by atoms with Crippen LogP contribution in [0.5, 0.6) is 5.75 Å². The number of aromatic nitrogens is 4. The molecule has 0 unspecified atom stereocenters. The molecule has 13 heteroatoms. The summed E-state index contributed by atoms with van der Waals surface area (Å²) in [6.45, 7) is 2.07. The summed E-state index contributed by atoms with van der Waals surface area (Å²) in [5, 5.41) is 28.3. The summed E-state index contributed by atoms with van der Waals surface area (Å²) < 4.78 is 55.9. The van der Waals surface area contributed by atoms with Crippen LogP contribution in [0.25, 0.3) is 21.5 Å². The van der Waals surface area contributed by atoms with E-state index in [0.717, 1.165) is 21.5 Å². The predicted octanol–water partition coefficient (Wildman–Crippen LogP) is 5.71. The Hall–Kier alpha value is -2.58. The number of halogens is 3. The van der Waals surface area contributed by atoms with E-state index in [4.69, 9.17) is 5.11 Å². The van der Waals surface area contributed by atoms with E-state index in [-0.39, 0.29) is 5.75 Å². The van der Waals surface area contributed by atoms with Crippen molar-refractivity contribution in [1.29, 1.82) is 0 Å². The van der Waals surface area contributed by atoms with Crippen molar-refractivity contribution in [3.63, 3.8) is 0 Å². The Bertz CT molecular complexity index is 1280. The van der Waals surface area contributed by atoms with Gasteiger partial charge in [-0.25, -0.2) is 0 Å². The van der Waals surface area contributed by atoms with Crippen LogP contribution < -0.4 is 0 Å². The quantitative estimate of drug-likeness (QED) is 0.161. The summed E-state index contributed by atoms with van der Waals surface area (Å²) in [4.78, 5) is 9.59. The van der Waals surface area contributed by atoms with Gasteiger partial charge in [0.25, 0.3) is 0 Å². The van der Waals surface area contributed by atoms with E-state index in [1.165, 1.54) is 5.56 Å². The maximum absolute atomic E-state index is 11.1. The number of alkyl halides is 3. The van der Waals surface area contributed by atoms with Crippen molar-refractivity contribution in [2.45, 2.75) is 32.2 Å². The molecule has 2 aromatic heterocycles. The number of fused-ring (bicyclic) bond motifs is 2. The van der Waals surface area contributed by atoms with Crippen LogP contribution in [0.3, 0.4) is 0 Å². The second-order valence-corrected chi connectivity index (χ2v) is 27.8. The molecule has 2 heterocycles. The molecular formula is C23H29F3N4O4SSn. The van der Waals surface area contributed by atoms with Crippen molar-refractivity contribution in [1.82, 2.24) is 20.4 Å². The summed E-state index contributed by atoms with van der Waals surface area (Å²) in [6.07, 6.45) is 6.83. The number of hydrogen-bond donors (Lipinski definition) is 1. The third kappa shape index (κ3) is 11.9. The van der Waals surface area contributed by atoms with Gasteiger partial charge in [0.1, 0.15) is 5.75 Å². The minimum absolute atomic E-state index is 0.255. The second-order valence-electron chi connectivity index (χ2n) is 8.99. The molecule has 4 rings (SSSR count). The van der Waals surface area contributed by atoms with Crippen LogP contribution in [0.1, 0.15) is 5.56 Å². The topological polar surface area (TPSA) is 115 Å². The fraction of sp³-hybridized carbons (Fsp3) is 0.304. The Labute approximate surface area is 212 Å². The van der Waals surface area contributed by atoms with Crippen LogP contribution in [-0.2, 0) is 14.3 Å². The SMILES string of the molecule is COS(=O)(=O)C(F)(F)F.Cc1ccc2cnncc2c1.Oc1ccc2cnncc2c1.[CH3][Sn]([CH3])([CH3])[CH3]. The summed E-state index contributed by atoms with van der Waals surface area (Å²) in [6, 6.07) is 11.3. The number of aromatic hydroxyl groups is 1. The molecule has 4 aromatic rings. The standard InChI is InChI=1S/C9H8N2.C8H6N2O.C2H3F3O3S.4CH3.Sn/c1-7-2-3-8-5-10-11-6-9(8)4-7;11-8-2-1-6-4-9-10-5-7(6)3-8;1-8-9(6,7)2(3,4)5;;;;;/h2-6H,1H3;1-5,11H;1H3;4*1H3;. The first-order valence-corrected chi connectivity index (χ1v) is 23.3. The van der Waals surface area contributed by atoms with Crippen LogP contribution in [0.4, 0.5) is 13.2 Å². The average Bonchev–Trinajstić information content (AvgIpc) is 2.78. The van der Waals surface area contributed by atoms with E-state index in [0.29, 0.717) is 7.11 Å². The zero-order chi connectivity index (χ0) is 27.6. The minimum atomic E-state index is -5.34. The summed E-state index contributed by atoms with van der Waals surface area (Å²) in [5.41, 5.74) is -4.05. The third-order valence-electron chi connectivity index (χ3n) is 3.74. The molecule has 0 amide bonds. The van der Waals surface area contributed by atoms with Gasteiger partial charge in [0.05, 0.1) is 31.9 Å². The van der Waals surface area contributed by atoms with Gasteiger partial charge in [0, 0.05) is 21.5 Å². The van der Waals surface area contributed by atoms with E-state index in [2.05, 4.69) is 69.5 Å². The fourth-order valence-corrected chi connectivity index (χ4v) is 2.38. The number of rotatable bonds is 1. The average molecular weight is 633 g/mol. The molecule has 0 radical (unpaired) electrons. The molecule has 0 fully saturated rings. The molecule has 0 aliphatic heterocycles. The Morgan fingerprint density at radius 2 is 1.17 bits per heavy atom. The van der Waals surface area contributed by atoms with Gasteiger partial charge < -0.3 is 5.11 Å². The zero-order valence-electron chi connectivity index (χ0n) is 20.8. The number of phenolic OH excluding ortho intramolecular Hbond substituents is 1. The second kappa shape index (κ2) is 13.7. The molecule has 0 aliphatic carbocycles. The van der Waals surface area contributed by atoms with Gasteiger partial charge in [-0.15, -0.1) is 0 Å². The number of phenols is 1. The van der Waals surface area contributed by atoms with Crippen molar-refractivity contribution >= 4 is 50.0 Å². The first kappa shape index (κ1) is 31.4. The van der Waals surface area contributed by atoms with Gasteiger partial charge >= 0.3 is 53.8 Å². The summed E-state index contributed by atoms with van der Waals surface area (Å²) >= 11 is -1.18. The molecule has 196 valence electrons. The molecule has 1 N–H and O–H groups in total. The number of nitrogens with zero attached hydrogens (tertiary/aromatic N) is 4. The van der Waals surface area contributed by atoms with Crippen molar-refractivity contribution in [3.8, 4) is 5.75 Å². The van der Waals surface area contributed by atoms with Gasteiger partial charge in [0.2, 0.25) is 0 Å². The van der Waals surface area contributed by atoms with Gasteiger partial charge in [-0.3, -0.25) is 4.18 Å². The zero-order valence-corrected chi connectivity index (χ0v) is 24.4. The van der Waals surface area contributed by atoms with Gasteiger partial charge in [-0.1, -0.05) is 17.7 Å². The summed E-state index contributed by atoms with van der Waals surface area (Å²) in [5.74, 6) is 0.255. The molecule has 0 bridgehead atoms. The Kier molecular flexibility index (Phi) is 11.9.